The highest BCUT2D eigenvalue weighted by atomic mass is 19.4. The summed E-state index contributed by atoms with van der Waals surface area (Å²) in [4.78, 5) is 8.83. The molecule has 0 saturated carbocycles. The topological polar surface area (TPSA) is 37.2 Å². The van der Waals surface area contributed by atoms with Crippen molar-refractivity contribution in [2.75, 3.05) is 31.1 Å². The fourth-order valence-corrected chi connectivity index (χ4v) is 3.87. The second-order valence-electron chi connectivity index (χ2n) is 7.38. The van der Waals surface area contributed by atoms with E-state index in [0.29, 0.717) is 5.52 Å². The average Bonchev–Trinajstić information content (AvgIpc) is 3.03. The van der Waals surface area contributed by atoms with Crippen molar-refractivity contribution in [2.24, 2.45) is 0 Å². The van der Waals surface area contributed by atoms with Crippen molar-refractivity contribution >= 4 is 16.6 Å². The van der Waals surface area contributed by atoms with Gasteiger partial charge in [-0.1, -0.05) is 6.07 Å². The van der Waals surface area contributed by atoms with Gasteiger partial charge in [0.25, 0.3) is 0 Å². The Morgan fingerprint density at radius 3 is 2.69 bits per heavy atom. The first-order valence-electron chi connectivity index (χ1n) is 9.88. The van der Waals surface area contributed by atoms with Crippen molar-refractivity contribution in [1.82, 2.24) is 19.7 Å². The predicted molar refractivity (Wildman–Crippen MR) is 107 cm³/mol. The Kier molecular flexibility index (Phi) is 5.45. The van der Waals surface area contributed by atoms with E-state index in [4.69, 9.17) is 0 Å². The Labute approximate surface area is 167 Å². The highest BCUT2D eigenvalue weighted by Crippen LogP contribution is 2.33. The number of alkyl halides is 3. The first-order valence-corrected chi connectivity index (χ1v) is 9.88. The Balaban J connectivity index is 1.51. The molecule has 0 radical (unpaired) electrons. The van der Waals surface area contributed by atoms with E-state index < -0.39 is 11.7 Å². The maximum atomic E-state index is 13.0. The van der Waals surface area contributed by atoms with Crippen LogP contribution in [0, 0.1) is 0 Å². The molecule has 0 unspecified atom stereocenters. The van der Waals surface area contributed by atoms with Crippen LogP contribution in [0.4, 0.5) is 18.9 Å². The molecule has 1 saturated heterocycles. The average molecular weight is 403 g/mol. The lowest BCUT2D eigenvalue weighted by molar-refractivity contribution is -0.137. The van der Waals surface area contributed by atoms with E-state index in [1.54, 1.807) is 12.3 Å². The van der Waals surface area contributed by atoms with Crippen molar-refractivity contribution in [1.29, 1.82) is 0 Å². The minimum absolute atomic E-state index is 0.380. The van der Waals surface area contributed by atoms with Gasteiger partial charge >= 0.3 is 6.18 Å². The summed E-state index contributed by atoms with van der Waals surface area (Å²) in [5.41, 5.74) is 1.87. The molecule has 0 atom stereocenters. The zero-order valence-corrected chi connectivity index (χ0v) is 16.4. The molecule has 0 amide bonds. The summed E-state index contributed by atoms with van der Waals surface area (Å²) in [7, 11) is 0. The predicted octanol–water partition coefficient (Wildman–Crippen LogP) is 4.18. The Morgan fingerprint density at radius 2 is 1.93 bits per heavy atom. The van der Waals surface area contributed by atoms with Crippen LogP contribution in [0.5, 0.6) is 0 Å². The number of hydrogen-bond acceptors (Lipinski definition) is 4. The molecule has 1 fully saturated rings. The highest BCUT2D eigenvalue weighted by Gasteiger charge is 2.31. The smallest absolute Gasteiger partial charge is 0.370 e. The van der Waals surface area contributed by atoms with Crippen molar-refractivity contribution in [3.05, 3.63) is 54.0 Å². The summed E-state index contributed by atoms with van der Waals surface area (Å²) in [5.74, 6) is 0. The lowest BCUT2D eigenvalue weighted by atomic mass is 10.1. The van der Waals surface area contributed by atoms with Gasteiger partial charge in [-0.2, -0.15) is 18.3 Å². The van der Waals surface area contributed by atoms with Gasteiger partial charge in [-0.3, -0.25) is 14.6 Å². The fraction of sp³-hybridized carbons (Fsp3) is 0.429. The monoisotopic (exact) mass is 403 g/mol. The van der Waals surface area contributed by atoms with E-state index in [0.717, 1.165) is 68.9 Å². The third kappa shape index (κ3) is 4.37. The number of fused-ring (bicyclic) bond motifs is 1. The van der Waals surface area contributed by atoms with Crippen molar-refractivity contribution in [3.63, 3.8) is 0 Å². The molecule has 4 rings (SSSR count). The first-order chi connectivity index (χ1) is 13.9. The lowest BCUT2D eigenvalue weighted by Gasteiger charge is -2.25. The standard InChI is InChI=1S/C21H24F3N5/c1-2-29-15-16(13-26-29)14-27-8-3-9-28(11-10-27)20-6-7-25-19-12-17(21(22,23)24)4-5-18(19)20/h4-7,12-13,15H,2-3,8-11,14H2,1H3. The number of anilines is 1. The molecule has 1 aliphatic rings. The van der Waals surface area contributed by atoms with Gasteiger partial charge in [-0.15, -0.1) is 0 Å². The highest BCUT2D eigenvalue weighted by molar-refractivity contribution is 5.92. The van der Waals surface area contributed by atoms with Gasteiger partial charge in [-0.25, -0.2) is 0 Å². The van der Waals surface area contributed by atoms with Crippen LogP contribution in [0.1, 0.15) is 24.5 Å². The summed E-state index contributed by atoms with van der Waals surface area (Å²) in [6.07, 6.45) is 2.23. The number of pyridine rings is 1. The third-order valence-electron chi connectivity index (χ3n) is 5.39. The van der Waals surface area contributed by atoms with Crippen LogP contribution >= 0.6 is 0 Å². The van der Waals surface area contributed by atoms with E-state index in [1.165, 1.54) is 5.56 Å². The number of halogens is 3. The van der Waals surface area contributed by atoms with E-state index in [9.17, 15) is 13.2 Å². The van der Waals surface area contributed by atoms with Crippen LogP contribution in [0.2, 0.25) is 0 Å². The van der Waals surface area contributed by atoms with Crippen LogP contribution in [-0.2, 0) is 19.3 Å². The second-order valence-corrected chi connectivity index (χ2v) is 7.38. The molecule has 0 aliphatic carbocycles. The van der Waals surface area contributed by atoms with Gasteiger partial charge in [0.05, 0.1) is 17.3 Å². The molecule has 5 nitrogen and oxygen atoms in total. The van der Waals surface area contributed by atoms with E-state index in [-0.39, 0.29) is 0 Å². The fourth-order valence-electron chi connectivity index (χ4n) is 3.87. The minimum atomic E-state index is -4.36. The second kappa shape index (κ2) is 8.02. The van der Waals surface area contributed by atoms with Crippen LogP contribution in [0.25, 0.3) is 10.9 Å². The molecule has 0 spiro atoms. The molecule has 154 valence electrons. The number of benzene rings is 1. The van der Waals surface area contributed by atoms with Gasteiger partial charge in [0.1, 0.15) is 0 Å². The summed E-state index contributed by atoms with van der Waals surface area (Å²) in [6, 6.07) is 5.72. The van der Waals surface area contributed by atoms with Gasteiger partial charge in [0.2, 0.25) is 0 Å². The molecular formula is C21H24F3N5. The maximum absolute atomic E-state index is 13.0. The van der Waals surface area contributed by atoms with E-state index in [2.05, 4.69) is 33.0 Å². The molecule has 2 aromatic heterocycles. The van der Waals surface area contributed by atoms with Gasteiger partial charge in [0.15, 0.2) is 0 Å². The summed E-state index contributed by atoms with van der Waals surface area (Å²) in [6.45, 7) is 7.35. The Morgan fingerprint density at radius 1 is 1.07 bits per heavy atom. The quantitative estimate of drug-likeness (QED) is 0.655. The molecule has 29 heavy (non-hydrogen) atoms. The molecule has 1 aromatic carbocycles. The van der Waals surface area contributed by atoms with Crippen LogP contribution in [-0.4, -0.2) is 45.8 Å². The normalized spacial score (nSPS) is 16.3. The Bertz CT molecular complexity index is 982. The lowest BCUT2D eigenvalue weighted by Crippen LogP contribution is -2.30. The molecule has 0 bridgehead atoms. The zero-order valence-electron chi connectivity index (χ0n) is 16.4. The summed E-state index contributed by atoms with van der Waals surface area (Å²) < 4.78 is 41.0. The van der Waals surface area contributed by atoms with Gasteiger partial charge < -0.3 is 4.90 Å². The van der Waals surface area contributed by atoms with E-state index >= 15 is 0 Å². The molecule has 3 aromatic rings. The van der Waals surface area contributed by atoms with Crippen LogP contribution < -0.4 is 4.90 Å². The van der Waals surface area contributed by atoms with E-state index in [1.807, 2.05) is 16.9 Å². The number of aryl methyl sites for hydroxylation is 1. The van der Waals surface area contributed by atoms with Crippen molar-refractivity contribution < 1.29 is 13.2 Å². The van der Waals surface area contributed by atoms with Gasteiger partial charge in [-0.05, 0) is 31.5 Å². The SMILES string of the molecule is CCn1cc(CN2CCCN(c3ccnc4cc(C(F)(F)F)ccc34)CC2)cn1. The van der Waals surface area contributed by atoms with Crippen molar-refractivity contribution in [3.8, 4) is 0 Å². The van der Waals surface area contributed by atoms with Crippen LogP contribution in [0.15, 0.2) is 42.9 Å². The number of nitrogens with zero attached hydrogens (tertiary/aromatic N) is 5. The molecule has 3 heterocycles. The number of rotatable bonds is 4. The molecular weight excluding hydrogens is 379 g/mol. The minimum Gasteiger partial charge on any atom is -0.370 e. The molecule has 8 heteroatoms. The zero-order chi connectivity index (χ0) is 20.4. The number of aromatic nitrogens is 3. The summed E-state index contributed by atoms with van der Waals surface area (Å²) >= 11 is 0. The molecule has 0 N–H and O–H groups in total. The van der Waals surface area contributed by atoms with Gasteiger partial charge in [0, 0.05) is 68.3 Å². The van der Waals surface area contributed by atoms with Crippen molar-refractivity contribution in [2.45, 2.75) is 32.6 Å². The Hall–Kier alpha value is -2.61. The number of hydrogen-bond donors (Lipinski definition) is 0. The first kappa shape index (κ1) is 19.7. The van der Waals surface area contributed by atoms with Crippen LogP contribution in [0.3, 0.4) is 0 Å². The largest absolute Gasteiger partial charge is 0.416 e. The molecule has 1 aliphatic heterocycles. The summed E-state index contributed by atoms with van der Waals surface area (Å²) in [5, 5.41) is 5.10. The third-order valence-corrected chi connectivity index (χ3v) is 5.39. The maximum Gasteiger partial charge on any atom is 0.416 e.